The highest BCUT2D eigenvalue weighted by Crippen LogP contribution is 2.45. The number of carbonyl (C=O) groups is 1. The molecule has 3 aromatic carbocycles. The maximum absolute atomic E-state index is 14.4. The van der Waals surface area contributed by atoms with Crippen LogP contribution in [0, 0.1) is 0 Å². The first-order valence-electron chi connectivity index (χ1n) is 13.4. The molecule has 0 aliphatic heterocycles. The van der Waals surface area contributed by atoms with Crippen LogP contribution in [0.1, 0.15) is 16.1 Å². The number of hydrogen-bond acceptors (Lipinski definition) is 10. The molecule has 0 unspecified atom stereocenters. The van der Waals surface area contributed by atoms with Gasteiger partial charge in [-0.05, 0) is 71.8 Å². The van der Waals surface area contributed by atoms with Crippen LogP contribution in [-0.4, -0.2) is 51.1 Å². The predicted octanol–water partition coefficient (Wildman–Crippen LogP) is 5.03. The Labute approximate surface area is 253 Å². The van der Waals surface area contributed by atoms with Gasteiger partial charge in [0.15, 0.2) is 23.0 Å². The first kappa shape index (κ1) is 29.8. The Morgan fingerprint density at radius 2 is 1.39 bits per heavy atom. The molecular formula is C33H31N3O8. The molecule has 5 aromatic rings. The maximum atomic E-state index is 14.4. The standard InChI is InChI=1S/C33H31N3O8/c1-39-25-16-23-24(17-26(25)44-18-19-10-12-35-13-11-19)32(37)36(22-8-6-21(34)7-9-22)30(33(38)43-5)29(23)20-14-27(40-2)31(42-4)28(15-20)41-3/h6-17H,18,34H2,1-5H3. The minimum atomic E-state index is -0.749. The molecule has 0 aliphatic carbocycles. The lowest BCUT2D eigenvalue weighted by Crippen LogP contribution is -2.27. The van der Waals surface area contributed by atoms with Gasteiger partial charge in [0.25, 0.3) is 5.56 Å². The number of anilines is 1. The monoisotopic (exact) mass is 597 g/mol. The van der Waals surface area contributed by atoms with Gasteiger partial charge in [0.2, 0.25) is 5.75 Å². The average molecular weight is 598 g/mol. The number of carbonyl (C=O) groups excluding carboxylic acids is 1. The van der Waals surface area contributed by atoms with Crippen LogP contribution in [0.25, 0.3) is 27.6 Å². The van der Waals surface area contributed by atoms with E-state index in [9.17, 15) is 9.59 Å². The van der Waals surface area contributed by atoms with Crippen molar-refractivity contribution in [2.75, 3.05) is 41.3 Å². The molecule has 5 rings (SSSR count). The van der Waals surface area contributed by atoms with Gasteiger partial charge < -0.3 is 34.2 Å². The van der Waals surface area contributed by atoms with Crippen molar-refractivity contribution >= 4 is 22.4 Å². The fraction of sp³-hybridized carbons (Fsp3) is 0.182. The largest absolute Gasteiger partial charge is 0.493 e. The third-order valence-corrected chi connectivity index (χ3v) is 7.09. The number of pyridine rings is 2. The lowest BCUT2D eigenvalue weighted by Gasteiger charge is -2.21. The molecule has 0 bridgehead atoms. The topological polar surface area (TPSA) is 133 Å². The summed E-state index contributed by atoms with van der Waals surface area (Å²) in [5.74, 6) is 0.987. The molecule has 2 N–H and O–H groups in total. The Kier molecular flexibility index (Phi) is 8.56. The van der Waals surface area contributed by atoms with E-state index >= 15 is 0 Å². The second kappa shape index (κ2) is 12.7. The highest BCUT2D eigenvalue weighted by atomic mass is 16.5. The zero-order valence-corrected chi connectivity index (χ0v) is 24.9. The number of hydrogen-bond donors (Lipinski definition) is 1. The van der Waals surface area contributed by atoms with E-state index in [4.69, 9.17) is 34.2 Å². The fourth-order valence-electron chi connectivity index (χ4n) is 4.99. The van der Waals surface area contributed by atoms with E-state index in [0.29, 0.717) is 56.6 Å². The van der Waals surface area contributed by atoms with E-state index in [0.717, 1.165) is 5.56 Å². The Hall–Kier alpha value is -5.71. The summed E-state index contributed by atoms with van der Waals surface area (Å²) in [5.41, 5.74) is 8.04. The number of nitrogens with zero attached hydrogens (tertiary/aromatic N) is 2. The van der Waals surface area contributed by atoms with Crippen LogP contribution >= 0.6 is 0 Å². The van der Waals surface area contributed by atoms with Crippen LogP contribution in [0.4, 0.5) is 5.69 Å². The van der Waals surface area contributed by atoms with E-state index in [-0.39, 0.29) is 17.7 Å². The highest BCUT2D eigenvalue weighted by molar-refractivity contribution is 6.08. The van der Waals surface area contributed by atoms with Crippen molar-refractivity contribution in [1.82, 2.24) is 9.55 Å². The second-order valence-corrected chi connectivity index (χ2v) is 9.55. The predicted molar refractivity (Wildman–Crippen MR) is 166 cm³/mol. The zero-order chi connectivity index (χ0) is 31.4. The second-order valence-electron chi connectivity index (χ2n) is 9.55. The molecular weight excluding hydrogens is 566 g/mol. The molecule has 0 aliphatic rings. The van der Waals surface area contributed by atoms with Crippen molar-refractivity contribution in [3.63, 3.8) is 0 Å². The molecule has 0 fully saturated rings. The first-order chi connectivity index (χ1) is 21.3. The third-order valence-electron chi connectivity index (χ3n) is 7.09. The number of benzene rings is 3. The number of fused-ring (bicyclic) bond motifs is 1. The van der Waals surface area contributed by atoms with Crippen molar-refractivity contribution in [1.29, 1.82) is 0 Å². The molecule has 2 aromatic heterocycles. The van der Waals surface area contributed by atoms with E-state index in [1.807, 2.05) is 12.1 Å². The molecule has 0 amide bonds. The molecule has 0 atom stereocenters. The Balaban J connectivity index is 1.91. The number of aromatic nitrogens is 2. The maximum Gasteiger partial charge on any atom is 0.355 e. The SMILES string of the molecule is COC(=O)c1c(-c2cc(OC)c(OC)c(OC)c2)c2cc(OC)c(OCc3ccncc3)cc2c(=O)n1-c1ccc(N)cc1. The van der Waals surface area contributed by atoms with Crippen molar-refractivity contribution in [2.24, 2.45) is 0 Å². The molecule has 2 heterocycles. The molecule has 226 valence electrons. The van der Waals surface area contributed by atoms with Gasteiger partial charge in [-0.25, -0.2) is 4.79 Å². The van der Waals surface area contributed by atoms with Crippen LogP contribution in [0.3, 0.4) is 0 Å². The average Bonchev–Trinajstić information content (AvgIpc) is 3.06. The number of methoxy groups -OCH3 is 5. The van der Waals surface area contributed by atoms with Gasteiger partial charge in [0, 0.05) is 34.7 Å². The number of ether oxygens (including phenoxy) is 6. The van der Waals surface area contributed by atoms with Gasteiger partial charge in [-0.1, -0.05) is 0 Å². The van der Waals surface area contributed by atoms with Crippen molar-refractivity contribution in [2.45, 2.75) is 6.61 Å². The molecule has 0 radical (unpaired) electrons. The highest BCUT2D eigenvalue weighted by Gasteiger charge is 2.28. The fourth-order valence-corrected chi connectivity index (χ4v) is 4.99. The summed E-state index contributed by atoms with van der Waals surface area (Å²) in [6, 6.07) is 16.9. The lowest BCUT2D eigenvalue weighted by molar-refractivity contribution is 0.0591. The summed E-state index contributed by atoms with van der Waals surface area (Å²) in [6.45, 7) is 0.205. The first-order valence-corrected chi connectivity index (χ1v) is 13.4. The molecule has 11 nitrogen and oxygen atoms in total. The Morgan fingerprint density at radius 1 is 0.773 bits per heavy atom. The Morgan fingerprint density at radius 3 is 1.95 bits per heavy atom. The van der Waals surface area contributed by atoms with Crippen molar-refractivity contribution in [3.05, 3.63) is 94.7 Å². The van der Waals surface area contributed by atoms with E-state index < -0.39 is 11.5 Å². The number of nitrogens with two attached hydrogens (primary N) is 1. The summed E-state index contributed by atoms with van der Waals surface area (Å²) in [5, 5.41) is 0.660. The zero-order valence-electron chi connectivity index (χ0n) is 24.9. The summed E-state index contributed by atoms with van der Waals surface area (Å²) in [7, 11) is 7.22. The summed E-state index contributed by atoms with van der Waals surface area (Å²) in [6.07, 6.45) is 3.33. The summed E-state index contributed by atoms with van der Waals surface area (Å²) >= 11 is 0. The van der Waals surface area contributed by atoms with E-state index in [1.54, 1.807) is 60.9 Å². The normalized spacial score (nSPS) is 10.8. The quantitative estimate of drug-likeness (QED) is 0.173. The van der Waals surface area contributed by atoms with E-state index in [2.05, 4.69) is 4.98 Å². The van der Waals surface area contributed by atoms with Gasteiger partial charge in [-0.3, -0.25) is 14.3 Å². The smallest absolute Gasteiger partial charge is 0.355 e. The number of esters is 1. The van der Waals surface area contributed by atoms with Crippen LogP contribution in [0.2, 0.25) is 0 Å². The van der Waals surface area contributed by atoms with Crippen LogP contribution in [0.5, 0.6) is 28.7 Å². The summed E-state index contributed by atoms with van der Waals surface area (Å²) < 4.78 is 35.1. The molecule has 0 saturated heterocycles. The van der Waals surface area contributed by atoms with Gasteiger partial charge in [-0.15, -0.1) is 0 Å². The van der Waals surface area contributed by atoms with Crippen molar-refractivity contribution in [3.8, 4) is 45.6 Å². The lowest BCUT2D eigenvalue weighted by atomic mass is 9.95. The number of nitrogen functional groups attached to an aromatic ring is 1. The number of rotatable bonds is 10. The van der Waals surface area contributed by atoms with Crippen molar-refractivity contribution < 1.29 is 33.2 Å². The van der Waals surface area contributed by atoms with Crippen LogP contribution < -0.4 is 35.0 Å². The Bertz CT molecular complexity index is 1860. The minimum Gasteiger partial charge on any atom is -0.493 e. The third kappa shape index (κ3) is 5.42. The molecule has 44 heavy (non-hydrogen) atoms. The van der Waals surface area contributed by atoms with E-state index in [1.165, 1.54) is 40.1 Å². The van der Waals surface area contributed by atoms with Gasteiger partial charge >= 0.3 is 5.97 Å². The van der Waals surface area contributed by atoms with Gasteiger partial charge in [-0.2, -0.15) is 0 Å². The molecule has 0 saturated carbocycles. The summed E-state index contributed by atoms with van der Waals surface area (Å²) in [4.78, 5) is 32.0. The van der Waals surface area contributed by atoms with Gasteiger partial charge in [0.1, 0.15) is 12.3 Å². The van der Waals surface area contributed by atoms with Crippen LogP contribution in [0.15, 0.2) is 77.9 Å². The minimum absolute atomic E-state index is 0.0310. The van der Waals surface area contributed by atoms with Crippen LogP contribution in [-0.2, 0) is 11.3 Å². The van der Waals surface area contributed by atoms with Gasteiger partial charge in [0.05, 0.1) is 40.9 Å². The molecule has 0 spiro atoms. The molecule has 11 heteroatoms.